The molecule has 1 N–H and O–H groups in total. The Morgan fingerprint density at radius 2 is 1.69 bits per heavy atom. The molecule has 1 aromatic heterocycles. The monoisotopic (exact) mass is 351 g/mol. The minimum atomic E-state index is -1.08. The van der Waals surface area contributed by atoms with E-state index in [1.54, 1.807) is 6.92 Å². The molecule has 0 aliphatic carbocycles. The maximum atomic E-state index is 12.7. The molecule has 2 atom stereocenters. The summed E-state index contributed by atoms with van der Waals surface area (Å²) in [6.07, 6.45) is 1.84. The summed E-state index contributed by atoms with van der Waals surface area (Å²) in [5.74, 6) is -2.79. The molecule has 0 saturated heterocycles. The maximum absolute atomic E-state index is 12.7. The Morgan fingerprint density at radius 3 is 2.38 bits per heavy atom. The number of hydrogen-bond donors (Lipinski definition) is 1. The molecular formula is C21H21NO4. The predicted molar refractivity (Wildman–Crippen MR) is 98.7 cm³/mol. The molecule has 5 heteroatoms. The minimum Gasteiger partial charge on any atom is -0.468 e. The number of esters is 2. The highest BCUT2D eigenvalue weighted by Gasteiger charge is 2.40. The first-order valence-electron chi connectivity index (χ1n) is 8.52. The largest absolute Gasteiger partial charge is 0.468 e. The van der Waals surface area contributed by atoms with Crippen LogP contribution in [0.5, 0.6) is 0 Å². The Bertz CT molecular complexity index is 901. The van der Waals surface area contributed by atoms with Gasteiger partial charge < -0.3 is 14.5 Å². The van der Waals surface area contributed by atoms with Crippen LogP contribution in [0, 0.1) is 5.92 Å². The van der Waals surface area contributed by atoms with Crippen molar-refractivity contribution < 1.29 is 19.1 Å². The summed E-state index contributed by atoms with van der Waals surface area (Å²) in [6, 6.07) is 17.3. The van der Waals surface area contributed by atoms with Crippen molar-refractivity contribution in [2.45, 2.75) is 12.8 Å². The molecule has 0 saturated carbocycles. The zero-order valence-electron chi connectivity index (χ0n) is 14.8. The number of methoxy groups -OCH3 is 1. The number of fused-ring (bicyclic) bond motifs is 1. The lowest BCUT2D eigenvalue weighted by atomic mass is 9.80. The fraction of sp³-hybridized carbons (Fsp3) is 0.238. The van der Waals surface area contributed by atoms with Crippen LogP contribution in [0.3, 0.4) is 0 Å². The number of ether oxygens (including phenoxy) is 2. The second kappa shape index (κ2) is 7.87. The zero-order chi connectivity index (χ0) is 18.5. The van der Waals surface area contributed by atoms with Crippen molar-refractivity contribution in [2.24, 2.45) is 5.92 Å². The number of nitrogens with one attached hydrogen (secondary N) is 1. The van der Waals surface area contributed by atoms with Crippen LogP contribution in [-0.2, 0) is 19.1 Å². The summed E-state index contributed by atoms with van der Waals surface area (Å²) >= 11 is 0. The van der Waals surface area contributed by atoms with E-state index in [-0.39, 0.29) is 6.61 Å². The van der Waals surface area contributed by atoms with E-state index in [4.69, 9.17) is 9.47 Å². The van der Waals surface area contributed by atoms with Gasteiger partial charge in [-0.2, -0.15) is 0 Å². The first kappa shape index (κ1) is 17.7. The smallest absolute Gasteiger partial charge is 0.321 e. The topological polar surface area (TPSA) is 68.4 Å². The maximum Gasteiger partial charge on any atom is 0.321 e. The molecule has 3 aromatic rings. The highest BCUT2D eigenvalue weighted by atomic mass is 16.5. The third-order valence-corrected chi connectivity index (χ3v) is 4.44. The second-order valence-corrected chi connectivity index (χ2v) is 5.93. The van der Waals surface area contributed by atoms with Crippen molar-refractivity contribution in [1.82, 2.24) is 4.98 Å². The summed E-state index contributed by atoms with van der Waals surface area (Å²) in [4.78, 5) is 28.4. The lowest BCUT2D eigenvalue weighted by Gasteiger charge is -2.24. The number of aromatic amines is 1. The first-order chi connectivity index (χ1) is 12.7. The number of para-hydroxylation sites is 1. The van der Waals surface area contributed by atoms with Crippen LogP contribution in [-0.4, -0.2) is 30.6 Å². The van der Waals surface area contributed by atoms with Crippen molar-refractivity contribution in [1.29, 1.82) is 0 Å². The van der Waals surface area contributed by atoms with Crippen molar-refractivity contribution in [3.63, 3.8) is 0 Å². The number of carbonyl (C=O) groups excluding carboxylic acids is 2. The molecule has 3 rings (SSSR count). The molecule has 0 amide bonds. The van der Waals surface area contributed by atoms with Gasteiger partial charge >= 0.3 is 11.9 Å². The van der Waals surface area contributed by atoms with E-state index in [9.17, 15) is 9.59 Å². The minimum absolute atomic E-state index is 0.196. The molecule has 1 heterocycles. The molecule has 26 heavy (non-hydrogen) atoms. The van der Waals surface area contributed by atoms with Crippen LogP contribution in [0.4, 0.5) is 0 Å². The predicted octanol–water partition coefficient (Wildman–Crippen LogP) is 3.65. The molecule has 5 nitrogen and oxygen atoms in total. The number of aromatic nitrogens is 1. The molecule has 0 spiro atoms. The van der Waals surface area contributed by atoms with E-state index < -0.39 is 23.8 Å². The van der Waals surface area contributed by atoms with Gasteiger partial charge in [-0.05, 0) is 24.1 Å². The first-order valence-corrected chi connectivity index (χ1v) is 8.52. The quantitative estimate of drug-likeness (QED) is 0.544. The Labute approximate surface area is 151 Å². The third-order valence-electron chi connectivity index (χ3n) is 4.44. The fourth-order valence-corrected chi connectivity index (χ4v) is 3.29. The Hall–Kier alpha value is -3.08. The zero-order valence-corrected chi connectivity index (χ0v) is 14.8. The fourth-order valence-electron chi connectivity index (χ4n) is 3.29. The van der Waals surface area contributed by atoms with Crippen molar-refractivity contribution in [2.75, 3.05) is 13.7 Å². The number of benzene rings is 2. The summed E-state index contributed by atoms with van der Waals surface area (Å²) in [5.41, 5.74) is 2.65. The number of rotatable bonds is 6. The highest BCUT2D eigenvalue weighted by Crippen LogP contribution is 2.37. The van der Waals surface area contributed by atoms with Gasteiger partial charge in [-0.25, -0.2) is 0 Å². The van der Waals surface area contributed by atoms with Gasteiger partial charge in [0.2, 0.25) is 0 Å². The van der Waals surface area contributed by atoms with Gasteiger partial charge in [0, 0.05) is 23.0 Å². The lowest BCUT2D eigenvalue weighted by Crippen LogP contribution is -2.33. The van der Waals surface area contributed by atoms with E-state index in [1.807, 2.05) is 60.8 Å². The van der Waals surface area contributed by atoms with Crippen LogP contribution in [0.15, 0.2) is 60.8 Å². The number of H-pyrrole nitrogens is 1. The lowest BCUT2D eigenvalue weighted by molar-refractivity contribution is -0.160. The number of carbonyl (C=O) groups is 2. The molecule has 0 radical (unpaired) electrons. The molecular weight excluding hydrogens is 330 g/mol. The SMILES string of the molecule is CCOC(=O)[C@H](C(=O)OC)[C@H](c1ccccc1)c1c[nH]c2ccccc12. The summed E-state index contributed by atoms with van der Waals surface area (Å²) in [7, 11) is 1.28. The van der Waals surface area contributed by atoms with E-state index in [0.717, 1.165) is 22.0 Å². The summed E-state index contributed by atoms with van der Waals surface area (Å²) in [5, 5.41) is 0.958. The van der Waals surface area contributed by atoms with E-state index in [2.05, 4.69) is 4.98 Å². The van der Waals surface area contributed by atoms with Crippen LogP contribution in [0.2, 0.25) is 0 Å². The van der Waals surface area contributed by atoms with Crippen LogP contribution in [0.25, 0.3) is 10.9 Å². The number of hydrogen-bond acceptors (Lipinski definition) is 4. The third kappa shape index (κ3) is 3.33. The van der Waals surface area contributed by atoms with Crippen molar-refractivity contribution in [3.8, 4) is 0 Å². The summed E-state index contributed by atoms with van der Waals surface area (Å²) < 4.78 is 10.1. The van der Waals surface area contributed by atoms with Gasteiger partial charge in [-0.1, -0.05) is 48.5 Å². The van der Waals surface area contributed by atoms with Gasteiger partial charge in [0.25, 0.3) is 0 Å². The molecule has 0 aliphatic rings. The van der Waals surface area contributed by atoms with Gasteiger partial charge in [-0.15, -0.1) is 0 Å². The molecule has 134 valence electrons. The Morgan fingerprint density at radius 1 is 1.00 bits per heavy atom. The van der Waals surface area contributed by atoms with Crippen molar-refractivity contribution >= 4 is 22.8 Å². The van der Waals surface area contributed by atoms with Gasteiger partial charge in [0.1, 0.15) is 0 Å². The van der Waals surface area contributed by atoms with E-state index >= 15 is 0 Å². The van der Waals surface area contributed by atoms with Crippen molar-refractivity contribution in [3.05, 3.63) is 71.9 Å². The van der Waals surface area contributed by atoms with Crippen LogP contribution < -0.4 is 0 Å². The Kier molecular flexibility index (Phi) is 5.37. The Balaban J connectivity index is 2.20. The molecule has 2 aromatic carbocycles. The van der Waals surface area contributed by atoms with Crippen LogP contribution >= 0.6 is 0 Å². The van der Waals surface area contributed by atoms with Gasteiger partial charge in [0.05, 0.1) is 13.7 Å². The average molecular weight is 351 g/mol. The summed E-state index contributed by atoms with van der Waals surface area (Å²) in [6.45, 7) is 1.91. The molecule has 0 fully saturated rings. The van der Waals surface area contributed by atoms with E-state index in [1.165, 1.54) is 7.11 Å². The molecule has 0 bridgehead atoms. The standard InChI is InChI=1S/C21H21NO4/c1-3-26-21(24)19(20(23)25-2)18(14-9-5-4-6-10-14)16-13-22-17-12-8-7-11-15(16)17/h4-13,18-19,22H,3H2,1-2H3/t18-,19+/m1/s1. The molecule has 0 aliphatic heterocycles. The van der Waals surface area contributed by atoms with E-state index in [0.29, 0.717) is 0 Å². The highest BCUT2D eigenvalue weighted by molar-refractivity contribution is 5.98. The van der Waals surface area contributed by atoms with Crippen LogP contribution in [0.1, 0.15) is 24.0 Å². The average Bonchev–Trinajstić information content (AvgIpc) is 3.10. The normalized spacial score (nSPS) is 13.2. The van der Waals surface area contributed by atoms with Gasteiger partial charge in [-0.3, -0.25) is 9.59 Å². The molecule has 0 unspecified atom stereocenters. The van der Waals surface area contributed by atoms with Gasteiger partial charge in [0.15, 0.2) is 5.92 Å². The second-order valence-electron chi connectivity index (χ2n) is 5.93.